The summed E-state index contributed by atoms with van der Waals surface area (Å²) >= 11 is 4.81. The van der Waals surface area contributed by atoms with Crippen LogP contribution in [0.15, 0.2) is 44.2 Å². The highest BCUT2D eigenvalue weighted by atomic mass is 79.9. The van der Waals surface area contributed by atoms with Gasteiger partial charge in [0.25, 0.3) is 0 Å². The number of furan rings is 1. The van der Waals surface area contributed by atoms with Gasteiger partial charge in [-0.1, -0.05) is 34.2 Å². The van der Waals surface area contributed by atoms with E-state index >= 15 is 0 Å². The quantitative estimate of drug-likeness (QED) is 0.478. The van der Waals surface area contributed by atoms with E-state index in [-0.39, 0.29) is 5.76 Å². The van der Waals surface area contributed by atoms with Crippen molar-refractivity contribution >= 4 is 49.3 Å². The summed E-state index contributed by atoms with van der Waals surface area (Å²) in [6.45, 7) is 2.75. The van der Waals surface area contributed by atoms with E-state index in [1.54, 1.807) is 0 Å². The predicted octanol–water partition coefficient (Wildman–Crippen LogP) is 4.12. The highest BCUT2D eigenvalue weighted by molar-refractivity contribution is 9.10. The van der Waals surface area contributed by atoms with E-state index in [4.69, 9.17) is 4.42 Å². The Bertz CT molecular complexity index is 1000. The molecule has 0 radical (unpaired) electrons. The zero-order valence-corrected chi connectivity index (χ0v) is 15.0. The second-order valence-electron chi connectivity index (χ2n) is 4.96. The molecule has 0 spiro atoms. The Morgan fingerprint density at radius 2 is 2.21 bits per heavy atom. The second kappa shape index (κ2) is 6.70. The Kier molecular flexibility index (Phi) is 4.63. The van der Waals surface area contributed by atoms with E-state index < -0.39 is 16.7 Å². The van der Waals surface area contributed by atoms with E-state index in [9.17, 15) is 14.9 Å². The van der Waals surface area contributed by atoms with Crippen LogP contribution in [0, 0.1) is 10.1 Å². The smallest absolute Gasteiger partial charge is 0.395 e. The number of hydrogen-bond acceptors (Lipinski definition) is 5. The number of aryl methyl sites for hydroxylation is 1. The van der Waals surface area contributed by atoms with Gasteiger partial charge in [0.1, 0.15) is 4.92 Å². The Balaban J connectivity index is 2.09. The summed E-state index contributed by atoms with van der Waals surface area (Å²) in [4.78, 5) is 26.8. The first kappa shape index (κ1) is 16.6. The average Bonchev–Trinajstić information content (AvgIpc) is 3.13. The molecule has 24 heavy (non-hydrogen) atoms. The molecule has 3 aromatic rings. The van der Waals surface area contributed by atoms with Crippen LogP contribution in [0.4, 0.5) is 5.88 Å². The van der Waals surface area contributed by atoms with Gasteiger partial charge in [-0.15, -0.1) is 0 Å². The van der Waals surface area contributed by atoms with Gasteiger partial charge in [0.2, 0.25) is 5.76 Å². The third kappa shape index (κ3) is 3.17. The Morgan fingerprint density at radius 1 is 1.42 bits per heavy atom. The lowest BCUT2D eigenvalue weighted by atomic mass is 10.3. The van der Waals surface area contributed by atoms with Crippen molar-refractivity contribution < 1.29 is 14.1 Å². The lowest BCUT2D eigenvalue weighted by Crippen LogP contribution is -2.16. The van der Waals surface area contributed by atoms with Crippen LogP contribution in [-0.2, 0) is 6.54 Å². The van der Waals surface area contributed by atoms with Gasteiger partial charge in [-0.25, -0.2) is 0 Å². The molecule has 9 heteroatoms. The number of amides is 1. The second-order valence-corrected chi connectivity index (χ2v) is 6.89. The van der Waals surface area contributed by atoms with Gasteiger partial charge >= 0.3 is 11.8 Å². The van der Waals surface area contributed by atoms with Gasteiger partial charge in [-0.2, -0.15) is 4.99 Å². The summed E-state index contributed by atoms with van der Waals surface area (Å²) in [7, 11) is 0. The molecule has 0 atom stereocenters. The standard InChI is InChI=1S/C15H12BrN3O4S/c1-2-7-18-10-4-3-9(16)8-12(10)24-15(18)17-14(20)11-5-6-13(23-11)19(21)22/h3-6,8H,2,7H2,1H3. The molecule has 0 unspecified atom stereocenters. The Labute approximate surface area is 148 Å². The minimum Gasteiger partial charge on any atom is -0.395 e. The number of aromatic nitrogens is 1. The fraction of sp³-hybridized carbons (Fsp3) is 0.200. The summed E-state index contributed by atoms with van der Waals surface area (Å²) < 4.78 is 8.82. The van der Waals surface area contributed by atoms with Crippen molar-refractivity contribution in [1.29, 1.82) is 0 Å². The van der Waals surface area contributed by atoms with Crippen LogP contribution in [0.1, 0.15) is 23.9 Å². The number of halogens is 1. The van der Waals surface area contributed by atoms with Gasteiger partial charge in [0.15, 0.2) is 4.80 Å². The third-order valence-corrected chi connectivity index (χ3v) is 4.81. The lowest BCUT2D eigenvalue weighted by molar-refractivity contribution is -0.402. The molecule has 0 aliphatic rings. The number of nitro groups is 1. The van der Waals surface area contributed by atoms with E-state index in [0.717, 1.165) is 27.2 Å². The molecule has 0 aliphatic carbocycles. The highest BCUT2D eigenvalue weighted by Crippen LogP contribution is 2.23. The van der Waals surface area contributed by atoms with Crippen LogP contribution in [0.3, 0.4) is 0 Å². The summed E-state index contributed by atoms with van der Waals surface area (Å²) in [5.74, 6) is -1.27. The number of fused-ring (bicyclic) bond motifs is 1. The molecule has 3 rings (SSSR count). The molecule has 0 bridgehead atoms. The van der Waals surface area contributed by atoms with Gasteiger partial charge in [0, 0.05) is 11.0 Å². The van der Waals surface area contributed by atoms with Gasteiger partial charge in [-0.3, -0.25) is 14.9 Å². The number of carbonyl (C=O) groups excluding carboxylic acids is 1. The first-order valence-corrected chi connectivity index (χ1v) is 8.72. The molecular formula is C15H12BrN3O4S. The van der Waals surface area contributed by atoms with Crippen LogP contribution in [0.2, 0.25) is 0 Å². The maximum atomic E-state index is 12.3. The zero-order valence-electron chi connectivity index (χ0n) is 12.6. The monoisotopic (exact) mass is 409 g/mol. The molecule has 124 valence electrons. The van der Waals surface area contributed by atoms with Crippen LogP contribution in [0.5, 0.6) is 0 Å². The van der Waals surface area contributed by atoms with E-state index in [2.05, 4.69) is 20.9 Å². The molecular weight excluding hydrogens is 398 g/mol. The third-order valence-electron chi connectivity index (χ3n) is 3.27. The van der Waals surface area contributed by atoms with Gasteiger partial charge in [-0.05, 0) is 30.7 Å². The van der Waals surface area contributed by atoms with Crippen LogP contribution < -0.4 is 4.80 Å². The molecule has 2 heterocycles. The molecule has 2 aromatic heterocycles. The fourth-order valence-corrected chi connectivity index (χ4v) is 3.86. The predicted molar refractivity (Wildman–Crippen MR) is 93.1 cm³/mol. The van der Waals surface area contributed by atoms with Crippen molar-refractivity contribution in [3.63, 3.8) is 0 Å². The number of benzene rings is 1. The summed E-state index contributed by atoms with van der Waals surface area (Å²) in [6.07, 6.45) is 0.884. The van der Waals surface area contributed by atoms with Crippen LogP contribution in [0.25, 0.3) is 10.2 Å². The van der Waals surface area contributed by atoms with Crippen molar-refractivity contribution in [1.82, 2.24) is 4.57 Å². The first-order chi connectivity index (χ1) is 11.5. The largest absolute Gasteiger partial charge is 0.433 e. The molecule has 1 amide bonds. The summed E-state index contributed by atoms with van der Waals surface area (Å²) in [5.41, 5.74) is 0.988. The molecule has 0 fully saturated rings. The minimum atomic E-state index is -0.689. The summed E-state index contributed by atoms with van der Waals surface area (Å²) in [5, 5.41) is 10.6. The number of hydrogen-bond donors (Lipinski definition) is 0. The average molecular weight is 410 g/mol. The van der Waals surface area contributed by atoms with Crippen molar-refractivity contribution in [2.45, 2.75) is 19.9 Å². The van der Waals surface area contributed by atoms with E-state index in [1.165, 1.54) is 17.4 Å². The topological polar surface area (TPSA) is 90.6 Å². The molecule has 0 N–H and O–H groups in total. The molecule has 1 aromatic carbocycles. The highest BCUT2D eigenvalue weighted by Gasteiger charge is 2.17. The normalized spacial score (nSPS) is 12.0. The Morgan fingerprint density at radius 3 is 2.88 bits per heavy atom. The SMILES string of the molecule is CCCn1c(=NC(=O)c2ccc([N+](=O)[O-])o2)sc2cc(Br)ccc21. The van der Waals surface area contributed by atoms with Crippen molar-refractivity contribution in [3.05, 3.63) is 55.5 Å². The van der Waals surface area contributed by atoms with Crippen LogP contribution in [-0.4, -0.2) is 15.4 Å². The Hall–Kier alpha value is -2.26. The molecule has 0 saturated carbocycles. The summed E-state index contributed by atoms with van der Waals surface area (Å²) in [6, 6.07) is 8.27. The van der Waals surface area contributed by atoms with Crippen molar-refractivity contribution in [2.24, 2.45) is 4.99 Å². The number of nitrogens with zero attached hydrogens (tertiary/aromatic N) is 3. The van der Waals surface area contributed by atoms with Crippen LogP contribution >= 0.6 is 27.3 Å². The molecule has 0 aliphatic heterocycles. The van der Waals surface area contributed by atoms with Crippen molar-refractivity contribution in [2.75, 3.05) is 0 Å². The van der Waals surface area contributed by atoms with Crippen molar-refractivity contribution in [3.8, 4) is 0 Å². The zero-order chi connectivity index (χ0) is 17.3. The minimum absolute atomic E-state index is 0.150. The van der Waals surface area contributed by atoms with Gasteiger partial charge < -0.3 is 8.98 Å². The molecule has 7 nitrogen and oxygen atoms in total. The number of rotatable bonds is 4. The number of carbonyl (C=O) groups is 1. The first-order valence-electron chi connectivity index (χ1n) is 7.11. The number of thiazole rings is 1. The fourth-order valence-electron chi connectivity index (χ4n) is 2.25. The molecule has 0 saturated heterocycles. The lowest BCUT2D eigenvalue weighted by Gasteiger charge is -2.02. The maximum absolute atomic E-state index is 12.3. The van der Waals surface area contributed by atoms with E-state index in [1.807, 2.05) is 29.7 Å². The van der Waals surface area contributed by atoms with E-state index in [0.29, 0.717) is 11.3 Å². The van der Waals surface area contributed by atoms with Gasteiger partial charge in [0.05, 0.1) is 16.3 Å². The maximum Gasteiger partial charge on any atom is 0.433 e.